The molecule has 0 radical (unpaired) electrons. The second kappa shape index (κ2) is 4.56. The van der Waals surface area contributed by atoms with E-state index in [9.17, 15) is 13.6 Å². The minimum absolute atomic E-state index is 0.0418. The molecule has 4 nitrogen and oxygen atoms in total. The van der Waals surface area contributed by atoms with Crippen LogP contribution in [0.25, 0.3) is 11.3 Å². The summed E-state index contributed by atoms with van der Waals surface area (Å²) in [6.45, 7) is 0. The number of carbonyl (C=O) groups is 1. The maximum Gasteiger partial charge on any atom is 0.340 e. The van der Waals surface area contributed by atoms with Gasteiger partial charge in [0.15, 0.2) is 0 Å². The Hall–Kier alpha value is -2.24. The number of rotatable bonds is 2. The molecule has 0 saturated carbocycles. The number of nitrogens with zero attached hydrogens (tertiary/aromatic N) is 2. The van der Waals surface area contributed by atoms with Crippen LogP contribution in [0.1, 0.15) is 10.4 Å². The highest BCUT2D eigenvalue weighted by molar-refractivity contribution is 5.90. The largest absolute Gasteiger partial charge is 0.465 e. The van der Waals surface area contributed by atoms with Crippen LogP contribution in [0.15, 0.2) is 24.4 Å². The third-order valence-electron chi connectivity index (χ3n) is 2.56. The molecule has 1 aromatic heterocycles. The van der Waals surface area contributed by atoms with Gasteiger partial charge in [-0.3, -0.25) is 4.68 Å². The molecule has 18 heavy (non-hydrogen) atoms. The second-order valence-corrected chi connectivity index (χ2v) is 3.64. The molecule has 0 saturated heterocycles. The fraction of sp³-hybridized carbons (Fsp3) is 0.167. The molecular formula is C12H10F2N2O2. The lowest BCUT2D eigenvalue weighted by Gasteiger charge is -2.07. The lowest BCUT2D eigenvalue weighted by molar-refractivity contribution is 0.0595. The van der Waals surface area contributed by atoms with Crippen molar-refractivity contribution < 1.29 is 18.3 Å². The SMILES string of the molecule is COC(=O)c1cc(F)c(-c2ccnn2C)cc1F. The average Bonchev–Trinajstić information content (AvgIpc) is 2.77. The molecule has 0 fully saturated rings. The first-order valence-corrected chi connectivity index (χ1v) is 5.10. The molecule has 0 aliphatic heterocycles. The van der Waals surface area contributed by atoms with Gasteiger partial charge in [-0.2, -0.15) is 5.10 Å². The molecule has 0 N–H and O–H groups in total. The fourth-order valence-corrected chi connectivity index (χ4v) is 1.65. The standard InChI is InChI=1S/C12H10F2N2O2/c1-16-11(3-4-15-16)7-5-10(14)8(6-9(7)13)12(17)18-2/h3-6H,1-2H3. The number of esters is 1. The third kappa shape index (κ3) is 1.97. The normalized spacial score (nSPS) is 10.4. The first kappa shape index (κ1) is 12.2. The summed E-state index contributed by atoms with van der Waals surface area (Å²) in [6.07, 6.45) is 1.47. The van der Waals surface area contributed by atoms with E-state index < -0.39 is 23.2 Å². The van der Waals surface area contributed by atoms with Crippen molar-refractivity contribution in [1.82, 2.24) is 9.78 Å². The molecule has 1 aromatic carbocycles. The number of benzene rings is 1. The lowest BCUT2D eigenvalue weighted by atomic mass is 10.1. The Labute approximate surface area is 102 Å². The number of carbonyl (C=O) groups excluding carboxylic acids is 1. The van der Waals surface area contributed by atoms with E-state index in [0.717, 1.165) is 19.2 Å². The summed E-state index contributed by atoms with van der Waals surface area (Å²) in [5.74, 6) is -2.46. The third-order valence-corrected chi connectivity index (χ3v) is 2.56. The lowest BCUT2D eigenvalue weighted by Crippen LogP contribution is -2.06. The van der Waals surface area contributed by atoms with Crippen molar-refractivity contribution in [2.75, 3.05) is 7.11 Å². The summed E-state index contributed by atoms with van der Waals surface area (Å²) in [6, 6.07) is 3.33. The molecule has 94 valence electrons. The van der Waals surface area contributed by atoms with Gasteiger partial charge >= 0.3 is 5.97 Å². The zero-order chi connectivity index (χ0) is 13.3. The zero-order valence-electron chi connectivity index (χ0n) is 9.78. The van der Waals surface area contributed by atoms with Crippen molar-refractivity contribution in [3.05, 3.63) is 41.6 Å². The molecule has 0 amide bonds. The first-order chi connectivity index (χ1) is 8.54. The summed E-state index contributed by atoms with van der Waals surface area (Å²) in [5, 5.41) is 3.87. The molecule has 1 heterocycles. The van der Waals surface area contributed by atoms with Crippen LogP contribution in [-0.2, 0) is 11.8 Å². The Bertz CT molecular complexity index is 608. The van der Waals surface area contributed by atoms with Crippen molar-refractivity contribution in [1.29, 1.82) is 0 Å². The summed E-state index contributed by atoms with van der Waals surface area (Å²) in [5.41, 5.74) is 0.0314. The predicted octanol–water partition coefficient (Wildman–Crippen LogP) is 2.15. The van der Waals surface area contributed by atoms with Gasteiger partial charge in [0.1, 0.15) is 11.6 Å². The Morgan fingerprint density at radius 1 is 1.33 bits per heavy atom. The van der Waals surface area contributed by atoms with Gasteiger partial charge < -0.3 is 4.74 Å². The predicted molar refractivity (Wildman–Crippen MR) is 59.9 cm³/mol. The molecule has 0 atom stereocenters. The van der Waals surface area contributed by atoms with Crippen molar-refractivity contribution in [2.45, 2.75) is 0 Å². The average molecular weight is 252 g/mol. The highest BCUT2D eigenvalue weighted by Crippen LogP contribution is 2.25. The number of aryl methyl sites for hydroxylation is 1. The van der Waals surface area contributed by atoms with Gasteiger partial charge in [0.2, 0.25) is 0 Å². The summed E-state index contributed by atoms with van der Waals surface area (Å²) < 4.78 is 33.3. The van der Waals surface area contributed by atoms with Crippen LogP contribution in [0.4, 0.5) is 8.78 Å². The van der Waals surface area contributed by atoms with E-state index in [2.05, 4.69) is 9.84 Å². The molecule has 0 aliphatic rings. The summed E-state index contributed by atoms with van der Waals surface area (Å²) >= 11 is 0. The number of halogens is 2. The van der Waals surface area contributed by atoms with Crippen LogP contribution in [0.3, 0.4) is 0 Å². The maximum atomic E-state index is 13.9. The quantitative estimate of drug-likeness (QED) is 0.769. The maximum absolute atomic E-state index is 13.9. The van der Waals surface area contributed by atoms with Gasteiger partial charge in [-0.05, 0) is 18.2 Å². The Morgan fingerprint density at radius 2 is 2.06 bits per heavy atom. The minimum atomic E-state index is -0.914. The van der Waals surface area contributed by atoms with Gasteiger partial charge in [-0.15, -0.1) is 0 Å². The smallest absolute Gasteiger partial charge is 0.340 e. The minimum Gasteiger partial charge on any atom is -0.465 e. The molecule has 2 rings (SSSR count). The van der Waals surface area contributed by atoms with Gasteiger partial charge in [-0.1, -0.05) is 0 Å². The van der Waals surface area contributed by atoms with E-state index in [1.54, 1.807) is 13.1 Å². The van der Waals surface area contributed by atoms with Crippen molar-refractivity contribution in [2.24, 2.45) is 7.05 Å². The van der Waals surface area contributed by atoms with Gasteiger partial charge in [0.05, 0.1) is 18.4 Å². The summed E-state index contributed by atoms with van der Waals surface area (Å²) in [7, 11) is 2.72. The van der Waals surface area contributed by atoms with E-state index in [1.807, 2.05) is 0 Å². The number of ether oxygens (including phenoxy) is 1. The Morgan fingerprint density at radius 3 is 2.61 bits per heavy atom. The number of methoxy groups -OCH3 is 1. The van der Waals surface area contributed by atoms with Crippen molar-refractivity contribution in [3.63, 3.8) is 0 Å². The van der Waals surface area contributed by atoms with Crippen LogP contribution in [-0.4, -0.2) is 22.9 Å². The second-order valence-electron chi connectivity index (χ2n) is 3.64. The van der Waals surface area contributed by atoms with Crippen molar-refractivity contribution >= 4 is 5.97 Å². The topological polar surface area (TPSA) is 44.1 Å². The van der Waals surface area contributed by atoms with E-state index in [4.69, 9.17) is 0 Å². The summed E-state index contributed by atoms with van der Waals surface area (Å²) in [4.78, 5) is 11.2. The van der Waals surface area contributed by atoms with Crippen LogP contribution < -0.4 is 0 Å². The van der Waals surface area contributed by atoms with E-state index in [1.165, 1.54) is 10.9 Å². The number of hydrogen-bond donors (Lipinski definition) is 0. The molecule has 0 aliphatic carbocycles. The first-order valence-electron chi connectivity index (χ1n) is 5.10. The van der Waals surface area contributed by atoms with Crippen LogP contribution >= 0.6 is 0 Å². The zero-order valence-corrected chi connectivity index (χ0v) is 9.78. The Kier molecular flexibility index (Phi) is 3.10. The highest BCUT2D eigenvalue weighted by atomic mass is 19.1. The molecule has 6 heteroatoms. The molecular weight excluding hydrogens is 242 g/mol. The van der Waals surface area contributed by atoms with Crippen LogP contribution in [0.2, 0.25) is 0 Å². The Balaban J connectivity index is 2.57. The van der Waals surface area contributed by atoms with E-state index in [0.29, 0.717) is 5.69 Å². The van der Waals surface area contributed by atoms with Crippen LogP contribution in [0.5, 0.6) is 0 Å². The molecule has 0 unspecified atom stereocenters. The van der Waals surface area contributed by atoms with Gasteiger partial charge in [0, 0.05) is 18.8 Å². The van der Waals surface area contributed by atoms with Crippen LogP contribution in [0, 0.1) is 11.6 Å². The highest BCUT2D eigenvalue weighted by Gasteiger charge is 2.18. The molecule has 0 bridgehead atoms. The monoisotopic (exact) mass is 252 g/mol. The van der Waals surface area contributed by atoms with Crippen molar-refractivity contribution in [3.8, 4) is 11.3 Å². The van der Waals surface area contributed by atoms with Gasteiger partial charge in [0.25, 0.3) is 0 Å². The molecule has 2 aromatic rings. The number of aromatic nitrogens is 2. The molecule has 0 spiro atoms. The fourth-order valence-electron chi connectivity index (χ4n) is 1.65. The van der Waals surface area contributed by atoms with E-state index >= 15 is 0 Å². The number of hydrogen-bond acceptors (Lipinski definition) is 3. The van der Waals surface area contributed by atoms with E-state index in [-0.39, 0.29) is 5.56 Å². The van der Waals surface area contributed by atoms with Gasteiger partial charge in [-0.25, -0.2) is 13.6 Å².